The maximum atomic E-state index is 12.8. The Kier molecular flexibility index (Phi) is 47.4. The minimum absolute atomic E-state index is 0.103. The Morgan fingerprint density at radius 3 is 0.819 bits per heavy atom. The number of hydrogen-bond acceptors (Lipinski definition) is 15. The summed E-state index contributed by atoms with van der Waals surface area (Å²) in [6.07, 6.45) is 29.8. The second-order valence-corrected chi connectivity index (χ2v) is 22.2. The van der Waals surface area contributed by atoms with Gasteiger partial charge in [0.2, 0.25) is 0 Å². The van der Waals surface area contributed by atoms with Gasteiger partial charge in [-0.15, -0.1) is 0 Å². The van der Waals surface area contributed by atoms with Gasteiger partial charge >= 0.3 is 39.5 Å². The minimum atomic E-state index is -4.93. The van der Waals surface area contributed by atoms with Crippen LogP contribution < -0.4 is 0 Å². The van der Waals surface area contributed by atoms with Crippen molar-refractivity contribution in [2.45, 2.75) is 277 Å². The Morgan fingerprint density at radius 1 is 0.333 bits per heavy atom. The van der Waals surface area contributed by atoms with Crippen molar-refractivity contribution < 1.29 is 80.2 Å². The molecule has 0 aliphatic rings. The molecular formula is C53H102O17P2. The van der Waals surface area contributed by atoms with Crippen LogP contribution in [-0.2, 0) is 65.4 Å². The quantitative estimate of drug-likeness (QED) is 0.0222. The first-order chi connectivity index (χ1) is 34.7. The Labute approximate surface area is 435 Å². The number of rotatable bonds is 54. The van der Waals surface area contributed by atoms with E-state index in [0.29, 0.717) is 25.7 Å². The molecule has 3 N–H and O–H groups in total. The molecule has 0 amide bonds. The van der Waals surface area contributed by atoms with Crippen LogP contribution in [-0.4, -0.2) is 96.7 Å². The van der Waals surface area contributed by atoms with Crippen molar-refractivity contribution in [3.63, 3.8) is 0 Å². The van der Waals surface area contributed by atoms with Crippen molar-refractivity contribution in [3.05, 3.63) is 0 Å². The van der Waals surface area contributed by atoms with Crippen LogP contribution in [0.15, 0.2) is 0 Å². The van der Waals surface area contributed by atoms with Gasteiger partial charge in [0.15, 0.2) is 12.2 Å². The van der Waals surface area contributed by atoms with Crippen LogP contribution in [0, 0.1) is 0 Å². The van der Waals surface area contributed by atoms with Crippen LogP contribution >= 0.6 is 15.6 Å². The average molecular weight is 1070 g/mol. The molecule has 426 valence electrons. The van der Waals surface area contributed by atoms with Gasteiger partial charge in [0.05, 0.1) is 26.4 Å². The second kappa shape index (κ2) is 48.7. The molecule has 0 aromatic carbocycles. The summed E-state index contributed by atoms with van der Waals surface area (Å²) < 4.78 is 67.2. The maximum Gasteiger partial charge on any atom is 0.472 e. The summed E-state index contributed by atoms with van der Waals surface area (Å²) >= 11 is 0. The van der Waals surface area contributed by atoms with Gasteiger partial charge in [-0.2, -0.15) is 0 Å². The number of aliphatic hydroxyl groups is 1. The molecule has 0 aliphatic carbocycles. The van der Waals surface area contributed by atoms with Crippen LogP contribution in [0.2, 0.25) is 0 Å². The summed E-state index contributed by atoms with van der Waals surface area (Å²) in [6, 6.07) is 0. The molecule has 0 saturated heterocycles. The molecule has 0 aliphatic heterocycles. The first-order valence-electron chi connectivity index (χ1n) is 28.3. The van der Waals surface area contributed by atoms with E-state index < -0.39 is 97.5 Å². The summed E-state index contributed by atoms with van der Waals surface area (Å²) in [6.45, 7) is 4.65. The number of aliphatic hydroxyl groups excluding tert-OH is 1. The van der Waals surface area contributed by atoms with Crippen molar-refractivity contribution in [1.29, 1.82) is 0 Å². The van der Waals surface area contributed by atoms with E-state index in [0.717, 1.165) is 116 Å². The molecule has 0 aromatic heterocycles. The van der Waals surface area contributed by atoms with Crippen molar-refractivity contribution in [3.8, 4) is 0 Å². The molecule has 0 aromatic rings. The van der Waals surface area contributed by atoms with Gasteiger partial charge in [-0.3, -0.25) is 37.3 Å². The first-order valence-corrected chi connectivity index (χ1v) is 31.3. The number of hydrogen-bond donors (Lipinski definition) is 3. The predicted octanol–water partition coefficient (Wildman–Crippen LogP) is 13.6. The molecule has 72 heavy (non-hydrogen) atoms. The van der Waals surface area contributed by atoms with E-state index in [2.05, 4.69) is 27.7 Å². The van der Waals surface area contributed by atoms with Gasteiger partial charge in [-0.25, -0.2) is 9.13 Å². The number of phosphoric ester groups is 2. The third kappa shape index (κ3) is 47.8. The lowest BCUT2D eigenvalue weighted by Gasteiger charge is -2.21. The molecular weight excluding hydrogens is 971 g/mol. The summed E-state index contributed by atoms with van der Waals surface area (Å²) in [7, 11) is -9.85. The normalized spacial score (nSPS) is 14.5. The van der Waals surface area contributed by atoms with Gasteiger partial charge in [-0.1, -0.05) is 207 Å². The number of phosphoric acid groups is 2. The highest BCUT2D eigenvalue weighted by Gasteiger charge is 2.30. The average Bonchev–Trinajstić information content (AvgIpc) is 3.35. The number of carbonyl (C=O) groups excluding carboxylic acids is 4. The third-order valence-electron chi connectivity index (χ3n) is 12.1. The first kappa shape index (κ1) is 70.1. The zero-order chi connectivity index (χ0) is 53.4. The highest BCUT2D eigenvalue weighted by Crippen LogP contribution is 2.45. The Morgan fingerprint density at radius 2 is 0.556 bits per heavy atom. The van der Waals surface area contributed by atoms with E-state index in [4.69, 9.17) is 37.0 Å². The zero-order valence-corrected chi connectivity index (χ0v) is 47.2. The smallest absolute Gasteiger partial charge is 0.462 e. The van der Waals surface area contributed by atoms with Crippen LogP contribution in [0.4, 0.5) is 0 Å². The Balaban J connectivity index is 5.16. The molecule has 5 atom stereocenters. The number of esters is 4. The number of ether oxygens (including phenoxy) is 4. The molecule has 0 spiro atoms. The maximum absolute atomic E-state index is 12.8. The van der Waals surface area contributed by atoms with E-state index in [1.165, 1.54) is 64.2 Å². The predicted molar refractivity (Wildman–Crippen MR) is 280 cm³/mol. The molecule has 0 radical (unpaired) electrons. The van der Waals surface area contributed by atoms with Crippen LogP contribution in [0.25, 0.3) is 0 Å². The molecule has 0 saturated carbocycles. The Hall–Kier alpha value is -1.94. The molecule has 2 unspecified atom stereocenters. The second-order valence-electron chi connectivity index (χ2n) is 19.3. The van der Waals surface area contributed by atoms with Crippen molar-refractivity contribution in [2.24, 2.45) is 0 Å². The minimum Gasteiger partial charge on any atom is -0.462 e. The standard InChI is InChI=1S/C53H102O17P2/c1-5-9-13-17-20-22-23-24-25-28-32-36-40-53(58)70-49(44-64-51(56)38-34-30-27-21-18-14-10-6-2)46-68-72(61,62)66-42-47(54)41-65-71(59,60)67-45-48(43-63-50(55)37-33-29-16-12-8-4)69-52(57)39-35-31-26-19-15-11-7-3/h47-49,54H,5-46H2,1-4H3,(H,59,60)(H,61,62)/t47-,48+,49+/m0/s1. The lowest BCUT2D eigenvalue weighted by Crippen LogP contribution is -2.30. The number of carbonyl (C=O) groups is 4. The summed E-state index contributed by atoms with van der Waals surface area (Å²) in [5, 5.41) is 10.4. The topological polar surface area (TPSA) is 237 Å². The molecule has 0 heterocycles. The van der Waals surface area contributed by atoms with E-state index in [9.17, 15) is 43.2 Å². The fourth-order valence-electron chi connectivity index (χ4n) is 7.69. The molecule has 19 heteroatoms. The summed E-state index contributed by atoms with van der Waals surface area (Å²) in [5.41, 5.74) is 0. The molecule has 17 nitrogen and oxygen atoms in total. The van der Waals surface area contributed by atoms with E-state index >= 15 is 0 Å². The highest BCUT2D eigenvalue weighted by atomic mass is 31.2. The summed E-state index contributed by atoms with van der Waals surface area (Å²) in [5.74, 6) is -2.17. The largest absolute Gasteiger partial charge is 0.472 e. The zero-order valence-electron chi connectivity index (χ0n) is 45.4. The Bertz CT molecular complexity index is 1420. The summed E-state index contributed by atoms with van der Waals surface area (Å²) in [4.78, 5) is 71.2. The van der Waals surface area contributed by atoms with Crippen LogP contribution in [0.5, 0.6) is 0 Å². The van der Waals surface area contributed by atoms with Gasteiger partial charge in [-0.05, 0) is 25.7 Å². The van der Waals surface area contributed by atoms with Crippen LogP contribution in [0.1, 0.15) is 259 Å². The number of unbranched alkanes of at least 4 members (excludes halogenated alkanes) is 28. The fraction of sp³-hybridized carbons (Fsp3) is 0.925. The van der Waals surface area contributed by atoms with Gasteiger partial charge in [0.25, 0.3) is 0 Å². The SMILES string of the molecule is CCCCCCCCCCCCCCC(=O)O[C@H](COC(=O)CCCCCCCCCC)COP(=O)(O)OC[C@@H](O)COP(=O)(O)OC[C@@H](COC(=O)CCCCCCC)OC(=O)CCCCCCCCC. The molecule has 0 rings (SSSR count). The van der Waals surface area contributed by atoms with Crippen molar-refractivity contribution in [1.82, 2.24) is 0 Å². The molecule has 0 fully saturated rings. The van der Waals surface area contributed by atoms with E-state index in [-0.39, 0.29) is 25.7 Å². The lowest BCUT2D eigenvalue weighted by atomic mass is 10.0. The fourth-order valence-corrected chi connectivity index (χ4v) is 9.27. The monoisotopic (exact) mass is 1070 g/mol. The lowest BCUT2D eigenvalue weighted by molar-refractivity contribution is -0.161. The van der Waals surface area contributed by atoms with Crippen molar-refractivity contribution >= 4 is 39.5 Å². The van der Waals surface area contributed by atoms with Gasteiger partial charge < -0.3 is 33.8 Å². The van der Waals surface area contributed by atoms with E-state index in [1.807, 2.05) is 0 Å². The van der Waals surface area contributed by atoms with Crippen LogP contribution in [0.3, 0.4) is 0 Å². The third-order valence-corrected chi connectivity index (χ3v) is 14.0. The van der Waals surface area contributed by atoms with Crippen molar-refractivity contribution in [2.75, 3.05) is 39.6 Å². The van der Waals surface area contributed by atoms with E-state index in [1.54, 1.807) is 0 Å². The highest BCUT2D eigenvalue weighted by molar-refractivity contribution is 7.47. The van der Waals surface area contributed by atoms with Gasteiger partial charge in [0.1, 0.15) is 19.3 Å². The molecule has 0 bridgehead atoms. The van der Waals surface area contributed by atoms with Gasteiger partial charge in [0, 0.05) is 25.7 Å².